The van der Waals surface area contributed by atoms with Gasteiger partial charge in [-0.1, -0.05) is 42.0 Å². The molecule has 0 bridgehead atoms. The molecule has 0 saturated heterocycles. The van der Waals surface area contributed by atoms with E-state index < -0.39 is 5.91 Å². The summed E-state index contributed by atoms with van der Waals surface area (Å²) >= 11 is 0. The van der Waals surface area contributed by atoms with Crippen LogP contribution < -0.4 is 16.2 Å². The lowest BCUT2D eigenvalue weighted by atomic mass is 10.0. The van der Waals surface area contributed by atoms with Crippen molar-refractivity contribution >= 4 is 28.6 Å². The van der Waals surface area contributed by atoms with E-state index in [4.69, 9.17) is 0 Å². The molecule has 34 heavy (non-hydrogen) atoms. The van der Waals surface area contributed by atoms with Crippen molar-refractivity contribution in [2.75, 3.05) is 0 Å². The van der Waals surface area contributed by atoms with Crippen molar-refractivity contribution in [2.45, 2.75) is 65.8 Å². The minimum atomic E-state index is -0.400. The molecule has 3 amide bonds. The van der Waals surface area contributed by atoms with Crippen LogP contribution in [0.5, 0.6) is 0 Å². The van der Waals surface area contributed by atoms with Gasteiger partial charge in [-0.25, -0.2) is 0 Å². The highest BCUT2D eigenvalue weighted by Gasteiger charge is 2.15. The summed E-state index contributed by atoms with van der Waals surface area (Å²) in [7, 11) is 0. The van der Waals surface area contributed by atoms with Gasteiger partial charge in [0, 0.05) is 35.5 Å². The number of fused-ring (bicyclic) bond motifs is 1. The van der Waals surface area contributed by atoms with Gasteiger partial charge in [0.25, 0.3) is 0 Å². The van der Waals surface area contributed by atoms with Gasteiger partial charge in [-0.15, -0.1) is 0 Å². The predicted molar refractivity (Wildman–Crippen MR) is 134 cm³/mol. The zero-order valence-corrected chi connectivity index (χ0v) is 20.4. The third-order valence-corrected chi connectivity index (χ3v) is 5.94. The normalized spacial score (nSPS) is 11.8. The first-order valence-electron chi connectivity index (χ1n) is 11.7. The fourth-order valence-electron chi connectivity index (χ4n) is 4.15. The Morgan fingerprint density at radius 3 is 2.32 bits per heavy atom. The number of hydrazine groups is 1. The lowest BCUT2D eigenvalue weighted by Crippen LogP contribution is -2.43. The molecule has 0 aliphatic rings. The van der Waals surface area contributed by atoms with E-state index in [9.17, 15) is 14.4 Å². The highest BCUT2D eigenvalue weighted by molar-refractivity contribution is 5.93. The molecule has 1 atom stereocenters. The van der Waals surface area contributed by atoms with Crippen LogP contribution in [0.25, 0.3) is 10.9 Å². The average molecular weight is 463 g/mol. The Kier molecular flexibility index (Phi) is 8.46. The summed E-state index contributed by atoms with van der Waals surface area (Å²) in [6.45, 7) is 7.96. The van der Waals surface area contributed by atoms with E-state index in [2.05, 4.69) is 45.4 Å². The van der Waals surface area contributed by atoms with E-state index in [0.29, 0.717) is 0 Å². The molecule has 1 heterocycles. The van der Waals surface area contributed by atoms with Crippen molar-refractivity contribution in [3.63, 3.8) is 0 Å². The monoisotopic (exact) mass is 462 g/mol. The molecular formula is C27H34N4O3. The smallest absolute Gasteiger partial charge is 0.242 e. The largest absolute Gasteiger partial charge is 0.358 e. The Morgan fingerprint density at radius 2 is 1.59 bits per heavy atom. The van der Waals surface area contributed by atoms with Crippen molar-refractivity contribution in [3.8, 4) is 0 Å². The summed E-state index contributed by atoms with van der Waals surface area (Å²) in [4.78, 5) is 40.0. The molecule has 3 rings (SSSR count). The first-order chi connectivity index (χ1) is 16.2. The van der Waals surface area contributed by atoms with Gasteiger partial charge in [0.05, 0.1) is 6.42 Å². The summed E-state index contributed by atoms with van der Waals surface area (Å²) < 4.78 is 0. The number of nitrogens with one attached hydrogen (secondary N) is 4. The lowest BCUT2D eigenvalue weighted by Gasteiger charge is -2.14. The van der Waals surface area contributed by atoms with Gasteiger partial charge in [0.2, 0.25) is 17.7 Å². The number of carbonyl (C=O) groups excluding carboxylic acids is 3. The van der Waals surface area contributed by atoms with Crippen molar-refractivity contribution in [1.82, 2.24) is 21.2 Å². The number of aromatic amines is 1. The van der Waals surface area contributed by atoms with Crippen molar-refractivity contribution in [2.24, 2.45) is 0 Å². The number of hydrogen-bond donors (Lipinski definition) is 4. The second-order valence-corrected chi connectivity index (χ2v) is 9.00. The Labute approximate surface area is 200 Å². The van der Waals surface area contributed by atoms with E-state index >= 15 is 0 Å². The van der Waals surface area contributed by atoms with Crippen LogP contribution >= 0.6 is 0 Å². The Morgan fingerprint density at radius 1 is 0.912 bits per heavy atom. The molecule has 0 spiro atoms. The summed E-state index contributed by atoms with van der Waals surface area (Å²) in [5.74, 6) is -0.888. The van der Waals surface area contributed by atoms with Crippen molar-refractivity contribution < 1.29 is 14.4 Å². The third-order valence-electron chi connectivity index (χ3n) is 5.94. The van der Waals surface area contributed by atoms with Gasteiger partial charge in [-0.3, -0.25) is 25.2 Å². The van der Waals surface area contributed by atoms with Gasteiger partial charge in [0.15, 0.2) is 0 Å². The van der Waals surface area contributed by atoms with Gasteiger partial charge in [0.1, 0.15) is 0 Å². The minimum absolute atomic E-state index is 0.00201. The molecule has 7 heteroatoms. The van der Waals surface area contributed by atoms with E-state index in [1.165, 1.54) is 5.56 Å². The molecule has 2 aromatic carbocycles. The minimum Gasteiger partial charge on any atom is -0.358 e. The Bertz CT molecular complexity index is 1170. The van der Waals surface area contributed by atoms with Gasteiger partial charge >= 0.3 is 0 Å². The summed E-state index contributed by atoms with van der Waals surface area (Å²) in [5, 5.41) is 3.95. The van der Waals surface area contributed by atoms with E-state index in [1.807, 2.05) is 45.9 Å². The molecule has 1 aromatic heterocycles. The van der Waals surface area contributed by atoms with Crippen LogP contribution in [0.15, 0.2) is 42.5 Å². The van der Waals surface area contributed by atoms with Crippen molar-refractivity contribution in [3.05, 3.63) is 70.4 Å². The maximum absolute atomic E-state index is 12.4. The molecule has 180 valence electrons. The average Bonchev–Trinajstić information content (AvgIpc) is 3.11. The van der Waals surface area contributed by atoms with Gasteiger partial charge in [-0.05, 0) is 63.3 Å². The second-order valence-electron chi connectivity index (χ2n) is 9.00. The number of rotatable bonds is 9. The van der Waals surface area contributed by atoms with Crippen LogP contribution in [0, 0.1) is 20.8 Å². The van der Waals surface area contributed by atoms with E-state index in [0.717, 1.165) is 46.1 Å². The van der Waals surface area contributed by atoms with Crippen LogP contribution in [0.4, 0.5) is 0 Å². The highest BCUT2D eigenvalue weighted by Crippen LogP contribution is 2.26. The van der Waals surface area contributed by atoms with Crippen LogP contribution in [0.3, 0.4) is 0 Å². The molecule has 0 aliphatic carbocycles. The zero-order valence-electron chi connectivity index (χ0n) is 20.4. The first-order valence-corrected chi connectivity index (χ1v) is 11.7. The Hall–Kier alpha value is -3.61. The van der Waals surface area contributed by atoms with Crippen LogP contribution in [-0.4, -0.2) is 28.7 Å². The summed E-state index contributed by atoms with van der Waals surface area (Å²) in [5.41, 5.74) is 11.2. The topological polar surface area (TPSA) is 103 Å². The number of carbonyl (C=O) groups is 3. The summed E-state index contributed by atoms with van der Waals surface area (Å²) in [6.07, 6.45) is 1.92. The van der Waals surface area contributed by atoms with Gasteiger partial charge < -0.3 is 10.3 Å². The number of benzene rings is 2. The molecule has 7 nitrogen and oxygen atoms in total. The van der Waals surface area contributed by atoms with Crippen molar-refractivity contribution in [1.29, 1.82) is 0 Å². The second kappa shape index (κ2) is 11.5. The van der Waals surface area contributed by atoms with E-state index in [-0.39, 0.29) is 37.1 Å². The maximum Gasteiger partial charge on any atom is 0.242 e. The molecule has 0 fully saturated rings. The fraction of sp³-hybridized carbons (Fsp3) is 0.370. The molecule has 4 N–H and O–H groups in total. The van der Waals surface area contributed by atoms with E-state index in [1.54, 1.807) is 0 Å². The lowest BCUT2D eigenvalue weighted by molar-refractivity contribution is -0.130. The number of hydrogen-bond acceptors (Lipinski definition) is 3. The van der Waals surface area contributed by atoms with Crippen LogP contribution in [-0.2, 0) is 27.2 Å². The number of aromatic nitrogens is 1. The van der Waals surface area contributed by atoms with Crippen LogP contribution in [0.2, 0.25) is 0 Å². The maximum atomic E-state index is 12.4. The number of aryl methyl sites for hydroxylation is 4. The highest BCUT2D eigenvalue weighted by atomic mass is 16.2. The predicted octanol–water partition coefficient (Wildman–Crippen LogP) is 3.70. The zero-order chi connectivity index (χ0) is 24.7. The SMILES string of the molecule is Cc1cc(C)c2[nH]c(C)c(CC(=O)NNC(=O)CCC(=O)NC(C)CCc3ccccc3)c2c1. The molecule has 0 radical (unpaired) electrons. The number of amides is 3. The molecule has 0 aliphatic heterocycles. The third kappa shape index (κ3) is 6.94. The molecular weight excluding hydrogens is 428 g/mol. The van der Waals surface area contributed by atoms with Gasteiger partial charge in [-0.2, -0.15) is 0 Å². The van der Waals surface area contributed by atoms with Crippen LogP contribution in [0.1, 0.15) is 54.1 Å². The quantitative estimate of drug-likeness (QED) is 0.365. The Balaban J connectivity index is 1.39. The summed E-state index contributed by atoms with van der Waals surface area (Å²) in [6, 6.07) is 14.3. The fourth-order valence-corrected chi connectivity index (χ4v) is 4.15. The molecule has 1 unspecified atom stereocenters. The molecule has 0 saturated carbocycles. The molecule has 3 aromatic rings. The standard InChI is InChI=1S/C27H34N4O3/c1-17-14-18(2)27-23(15-17)22(20(4)29-27)16-26(34)31-30-25(33)13-12-24(32)28-19(3)10-11-21-8-6-5-7-9-21/h5-9,14-15,19,29H,10-13,16H2,1-4H3,(H,28,32)(H,30,33)(H,31,34). The first kappa shape index (κ1) is 25.0. The number of H-pyrrole nitrogens is 1.